The molecule has 32 aliphatic carbocycles. The second kappa shape index (κ2) is 36.3. The number of hydrogen-bond donors (Lipinski definition) is 0. The number of hydrogen-bond acceptors (Lipinski definition) is 12. The van der Waals surface area contributed by atoms with Gasteiger partial charge in [0.05, 0.1) is 0 Å². The Labute approximate surface area is 777 Å². The van der Waals surface area contributed by atoms with Crippen molar-refractivity contribution >= 4 is 35.8 Å². The summed E-state index contributed by atoms with van der Waals surface area (Å²) in [7, 11) is 0. The summed E-state index contributed by atoms with van der Waals surface area (Å²) in [5.41, 5.74) is 0.992. The van der Waals surface area contributed by atoms with Gasteiger partial charge in [-0.3, -0.25) is 0 Å². The Hall–Kier alpha value is -4.74. The molecule has 32 aliphatic rings. The van der Waals surface area contributed by atoms with Gasteiger partial charge in [-0.1, -0.05) is 117 Å². The van der Waals surface area contributed by atoms with Crippen LogP contribution in [0.5, 0.6) is 0 Å². The molecule has 0 aromatic rings. The van der Waals surface area contributed by atoms with Crippen molar-refractivity contribution in [2.75, 3.05) is 0 Å². The molecule has 28 bridgehead atoms. The molecular weight excluding hydrogens is 1600 g/mol. The maximum atomic E-state index is 12.6. The largest absolute Gasteiger partial charge is 0.455 e. The Balaban J connectivity index is 0.0000000939. The molecule has 32 saturated carbocycles. The first-order valence-corrected chi connectivity index (χ1v) is 55.6. The van der Waals surface area contributed by atoms with E-state index in [2.05, 4.69) is 39.5 Å². The zero-order chi connectivity index (χ0) is 88.8. The molecule has 710 valence electrons. The Morgan fingerprint density at radius 1 is 0.202 bits per heavy atom. The summed E-state index contributed by atoms with van der Waals surface area (Å²) in [5.74, 6) is 25.2. The number of ether oxygens (including phenoxy) is 6. The number of carbonyl (C=O) groups excluding carboxylic acids is 6. The van der Waals surface area contributed by atoms with Crippen LogP contribution in [0.4, 0.5) is 0 Å². The molecule has 0 saturated heterocycles. The lowest BCUT2D eigenvalue weighted by molar-refractivity contribution is -0.232. The Morgan fingerprint density at radius 3 is 0.566 bits per heavy atom. The van der Waals surface area contributed by atoms with E-state index in [4.69, 9.17) is 28.4 Å². The molecule has 32 fully saturated rings. The van der Waals surface area contributed by atoms with Crippen molar-refractivity contribution in [2.45, 2.75) is 414 Å². The first kappa shape index (κ1) is 90.7. The van der Waals surface area contributed by atoms with Crippen molar-refractivity contribution in [3.8, 4) is 0 Å². The number of rotatable bonds is 18. The van der Waals surface area contributed by atoms with Crippen molar-refractivity contribution < 1.29 is 57.2 Å². The molecule has 0 amide bonds. The maximum Gasteiger partial charge on any atom is 0.333 e. The zero-order valence-corrected chi connectivity index (χ0v) is 80.6. The van der Waals surface area contributed by atoms with Crippen molar-refractivity contribution in [1.29, 1.82) is 0 Å². The van der Waals surface area contributed by atoms with Gasteiger partial charge in [0.15, 0.2) is 0 Å². The molecule has 0 heterocycles. The average molecular weight is 1770 g/mol. The minimum absolute atomic E-state index is 0.111. The van der Waals surface area contributed by atoms with Gasteiger partial charge < -0.3 is 28.4 Å². The molecule has 32 rings (SSSR count). The normalized spacial score (nSPS) is 48.2. The fourth-order valence-corrected chi connectivity index (χ4v) is 41.7. The van der Waals surface area contributed by atoms with E-state index in [1.54, 1.807) is 13.8 Å². The third-order valence-electron chi connectivity index (χ3n) is 44.8. The Kier molecular flexibility index (Phi) is 25.5. The van der Waals surface area contributed by atoms with Gasteiger partial charge in [0.2, 0.25) is 0 Å². The molecule has 0 aromatic heterocycles. The summed E-state index contributed by atoms with van der Waals surface area (Å²) in [6, 6.07) is 0. The Morgan fingerprint density at radius 2 is 0.380 bits per heavy atom. The molecule has 0 spiro atoms. The van der Waals surface area contributed by atoms with E-state index in [-0.39, 0.29) is 69.4 Å². The first-order valence-electron chi connectivity index (χ1n) is 55.6. The minimum Gasteiger partial charge on any atom is -0.455 e. The van der Waals surface area contributed by atoms with Gasteiger partial charge in [-0.2, -0.15) is 0 Å². The molecule has 0 radical (unpaired) electrons. The molecule has 6 unspecified atom stereocenters. The fourth-order valence-electron chi connectivity index (χ4n) is 41.7. The molecule has 12 heteroatoms. The average Bonchev–Trinajstić information content (AvgIpc) is 1.41. The Bertz CT molecular complexity index is 3980. The topological polar surface area (TPSA) is 158 Å². The standard InChI is InChI=1S/C21H30O2.C20H28O2.C20H30O2.2C19H28O2.C18H26O2/c1-12(2)20(22)23-21(19-11-13-3-4-16(19)6-13)17-7-14-5-15(9-17)10-18(21)8-14;1-2-19(21)22-20(18-11-12-3-4-15(18)6-12)16-7-13-5-14(9-16)10-17(20)8-13;1-13(2)19(21)22-20(16-6-4-3-5-7-16)17-9-14-8-15(11-17)12-18(20)10-14;1-12(2)18(20)21-19(15-5-3-4-6-15)16-8-13-7-14(10-16)11-17(19)9-13;1-2-18(20)21-19(15-6-4-3-5-7-15)16-9-13-8-14(11-16)12-17(19)10-13;1-2-17(19)20-18(14-5-3-4-6-14)15-8-12-7-13(10-15)11-16(18)9-12/h13-19H,1,3-11H2,2H3;2,12-18H,1,3-11H2;14-18H,1,3-12H2,2H3;13-17H,1,3-11H2,2H3;2,13-17H,1,3-12H2;2,12-16H,1,3-11H2. The summed E-state index contributed by atoms with van der Waals surface area (Å²) < 4.78 is 38.0. The van der Waals surface area contributed by atoms with E-state index in [1.807, 2.05) is 6.92 Å². The summed E-state index contributed by atoms with van der Waals surface area (Å²) in [6.45, 7) is 27.9. The minimum atomic E-state index is -0.177. The van der Waals surface area contributed by atoms with Crippen molar-refractivity contribution in [3.63, 3.8) is 0 Å². The van der Waals surface area contributed by atoms with Crippen LogP contribution in [0, 0.1) is 201 Å². The molecule has 0 aliphatic heterocycles. The number of fused-ring (bicyclic) bond motifs is 4. The summed E-state index contributed by atoms with van der Waals surface area (Å²) >= 11 is 0. The van der Waals surface area contributed by atoms with Crippen LogP contribution in [0.3, 0.4) is 0 Å². The van der Waals surface area contributed by atoms with E-state index in [0.717, 1.165) is 94.7 Å². The van der Waals surface area contributed by atoms with E-state index in [1.165, 1.54) is 378 Å². The van der Waals surface area contributed by atoms with Crippen LogP contribution in [-0.2, 0) is 57.2 Å². The van der Waals surface area contributed by atoms with Crippen LogP contribution in [0.2, 0.25) is 0 Å². The monoisotopic (exact) mass is 1770 g/mol. The molecule has 129 heavy (non-hydrogen) atoms. The van der Waals surface area contributed by atoms with Gasteiger partial charge in [0, 0.05) is 46.8 Å². The van der Waals surface area contributed by atoms with Crippen LogP contribution >= 0.6 is 0 Å². The second-order valence-corrected chi connectivity index (χ2v) is 51.5. The summed E-state index contributed by atoms with van der Waals surface area (Å²) in [4.78, 5) is 73.8. The highest BCUT2D eigenvalue weighted by Crippen LogP contribution is 2.73. The van der Waals surface area contributed by atoms with Crippen LogP contribution in [0.1, 0.15) is 380 Å². The smallest absolute Gasteiger partial charge is 0.333 e. The van der Waals surface area contributed by atoms with Crippen molar-refractivity contribution in [3.05, 3.63) is 74.4 Å². The molecule has 6 atom stereocenters. The lowest BCUT2D eigenvalue weighted by atomic mass is 9.46. The van der Waals surface area contributed by atoms with Gasteiger partial charge >= 0.3 is 35.8 Å². The first-order chi connectivity index (χ1) is 62.4. The van der Waals surface area contributed by atoms with Gasteiger partial charge in [-0.25, -0.2) is 28.8 Å². The van der Waals surface area contributed by atoms with Crippen LogP contribution in [0.25, 0.3) is 0 Å². The van der Waals surface area contributed by atoms with Crippen molar-refractivity contribution in [2.24, 2.45) is 201 Å². The highest BCUT2D eigenvalue weighted by molar-refractivity contribution is 5.88. The highest BCUT2D eigenvalue weighted by Gasteiger charge is 2.71. The SMILES string of the molecule is C=C(C)C(=O)OC1(C2CC3CCC2C3)C2CC3CC(C2)CC1C3.C=C(C)C(=O)OC1(C2CCCC2)C2CC3CC(C2)CC1C3.C=C(C)C(=O)OC1(C2CCCCC2)C2CC3CC(C2)CC1C3.C=CC(=O)OC1(C2CC3CCC2C3)C2CC3CC(C2)CC1C3.C=CC(=O)OC1(C2CCCC2)C2CC3CC(C2)CC1C3.C=CC(=O)OC1(C2CCCCC2)C2CC3CC(C2)CC1C3. The summed E-state index contributed by atoms with van der Waals surface area (Å²) in [5, 5.41) is 0. The van der Waals surface area contributed by atoms with Gasteiger partial charge in [0.1, 0.15) is 33.6 Å². The van der Waals surface area contributed by atoms with E-state index in [9.17, 15) is 28.8 Å². The molecule has 12 nitrogen and oxygen atoms in total. The van der Waals surface area contributed by atoms with E-state index in [0.29, 0.717) is 123 Å². The summed E-state index contributed by atoms with van der Waals surface area (Å²) in [6.07, 6.45) is 79.0. The number of esters is 6. The third kappa shape index (κ3) is 16.1. The van der Waals surface area contributed by atoms with Gasteiger partial charge in [0.25, 0.3) is 0 Å². The zero-order valence-electron chi connectivity index (χ0n) is 80.6. The quantitative estimate of drug-likeness (QED) is 0.0728. The lowest BCUT2D eigenvalue weighted by Crippen LogP contribution is -2.64. The third-order valence-corrected chi connectivity index (χ3v) is 44.8. The number of carbonyl (C=O) groups is 6. The lowest BCUT2D eigenvalue weighted by Gasteiger charge is -2.63. The van der Waals surface area contributed by atoms with Crippen LogP contribution < -0.4 is 0 Å². The van der Waals surface area contributed by atoms with Gasteiger partial charge in [-0.15, -0.1) is 0 Å². The highest BCUT2D eigenvalue weighted by atomic mass is 16.6. The second-order valence-electron chi connectivity index (χ2n) is 51.5. The van der Waals surface area contributed by atoms with Crippen LogP contribution in [-0.4, -0.2) is 69.4 Å². The fraction of sp³-hybridized carbons (Fsp3) is 0.846. The predicted molar refractivity (Wildman–Crippen MR) is 505 cm³/mol. The van der Waals surface area contributed by atoms with E-state index >= 15 is 0 Å². The van der Waals surface area contributed by atoms with Crippen LogP contribution in [0.15, 0.2) is 74.4 Å². The van der Waals surface area contributed by atoms with Crippen molar-refractivity contribution in [1.82, 2.24) is 0 Å². The molecule has 0 N–H and O–H groups in total. The van der Waals surface area contributed by atoms with Gasteiger partial charge in [-0.05, 0) is 493 Å². The maximum absolute atomic E-state index is 12.6. The molecule has 0 aromatic carbocycles. The predicted octanol–water partition coefficient (Wildman–Crippen LogP) is 27.0. The van der Waals surface area contributed by atoms with E-state index < -0.39 is 0 Å². The molecular formula is C117H170O12.